The Hall–Kier alpha value is -1.67. The van der Waals surface area contributed by atoms with Gasteiger partial charge < -0.3 is 5.32 Å². The molecule has 5 nitrogen and oxygen atoms in total. The first-order valence-electron chi connectivity index (χ1n) is 8.29. The summed E-state index contributed by atoms with van der Waals surface area (Å²) in [7, 11) is -3.79. The van der Waals surface area contributed by atoms with Crippen LogP contribution >= 0.6 is 23.2 Å². The fourth-order valence-electron chi connectivity index (χ4n) is 2.98. The number of rotatable bonds is 4. The number of benzene rings is 2. The van der Waals surface area contributed by atoms with Gasteiger partial charge in [0.05, 0.1) is 5.02 Å². The normalized spacial score (nSPS) is 16.3. The molecular formula is C18H17Cl2FN2O3S. The number of halogens is 3. The average molecular weight is 431 g/mol. The van der Waals surface area contributed by atoms with Crippen LogP contribution in [0, 0.1) is 11.7 Å². The second-order valence-electron chi connectivity index (χ2n) is 6.25. The van der Waals surface area contributed by atoms with Crippen molar-refractivity contribution in [3.05, 3.63) is 58.3 Å². The van der Waals surface area contributed by atoms with Crippen LogP contribution in [0.25, 0.3) is 0 Å². The SMILES string of the molecule is O=C(Nc1cccc(F)c1)C1CCN(S(=O)(=O)c2cc(Cl)ccc2Cl)CC1. The van der Waals surface area contributed by atoms with Gasteiger partial charge in [0.1, 0.15) is 10.7 Å². The van der Waals surface area contributed by atoms with Gasteiger partial charge in [0.25, 0.3) is 0 Å². The summed E-state index contributed by atoms with van der Waals surface area (Å²) >= 11 is 11.9. The van der Waals surface area contributed by atoms with Crippen LogP contribution < -0.4 is 5.32 Å². The lowest BCUT2D eigenvalue weighted by atomic mass is 9.97. The van der Waals surface area contributed by atoms with Gasteiger partial charge in [-0.25, -0.2) is 12.8 Å². The average Bonchev–Trinajstić information content (AvgIpc) is 2.63. The number of carbonyl (C=O) groups is 1. The number of nitrogens with one attached hydrogen (secondary N) is 1. The lowest BCUT2D eigenvalue weighted by Crippen LogP contribution is -2.41. The molecule has 2 aromatic carbocycles. The lowest BCUT2D eigenvalue weighted by molar-refractivity contribution is -0.120. The molecule has 1 saturated heterocycles. The molecule has 1 fully saturated rings. The minimum Gasteiger partial charge on any atom is -0.326 e. The van der Waals surface area contributed by atoms with Gasteiger partial charge in [0, 0.05) is 29.7 Å². The van der Waals surface area contributed by atoms with Crippen LogP contribution in [0.5, 0.6) is 0 Å². The summed E-state index contributed by atoms with van der Waals surface area (Å²) in [6.07, 6.45) is 0.719. The predicted molar refractivity (Wildman–Crippen MR) is 103 cm³/mol. The van der Waals surface area contributed by atoms with Crippen LogP contribution in [0.4, 0.5) is 10.1 Å². The molecule has 1 aliphatic heterocycles. The molecule has 1 aliphatic rings. The van der Waals surface area contributed by atoms with E-state index in [2.05, 4.69) is 5.32 Å². The Morgan fingerprint density at radius 2 is 1.81 bits per heavy atom. The van der Waals surface area contributed by atoms with Crippen molar-refractivity contribution in [1.29, 1.82) is 0 Å². The summed E-state index contributed by atoms with van der Waals surface area (Å²) in [5.74, 6) is -1.04. The Balaban J connectivity index is 1.66. The number of sulfonamides is 1. The Morgan fingerprint density at radius 1 is 1.11 bits per heavy atom. The minimum absolute atomic E-state index is 0.0423. The molecule has 0 bridgehead atoms. The van der Waals surface area contributed by atoms with Crippen LogP contribution in [0.3, 0.4) is 0 Å². The van der Waals surface area contributed by atoms with Crippen molar-refractivity contribution in [3.8, 4) is 0 Å². The molecule has 0 saturated carbocycles. The molecule has 0 spiro atoms. The molecule has 144 valence electrons. The number of hydrogen-bond donors (Lipinski definition) is 1. The van der Waals surface area contributed by atoms with Gasteiger partial charge in [-0.2, -0.15) is 4.31 Å². The van der Waals surface area contributed by atoms with E-state index in [4.69, 9.17) is 23.2 Å². The standard InChI is InChI=1S/C18H17Cl2FN2O3S/c19-13-4-5-16(20)17(10-13)27(25,26)23-8-6-12(7-9-23)18(24)22-15-3-1-2-14(21)11-15/h1-5,10-12H,6-9H2,(H,22,24). The molecule has 27 heavy (non-hydrogen) atoms. The van der Waals surface area contributed by atoms with Crippen molar-refractivity contribution in [2.24, 2.45) is 5.92 Å². The molecule has 9 heteroatoms. The van der Waals surface area contributed by atoms with Crippen LogP contribution in [0.15, 0.2) is 47.4 Å². The van der Waals surface area contributed by atoms with E-state index in [0.29, 0.717) is 18.5 Å². The molecule has 0 atom stereocenters. The summed E-state index contributed by atoms with van der Waals surface area (Å²) in [5, 5.41) is 3.05. The van der Waals surface area contributed by atoms with E-state index in [1.807, 2.05) is 0 Å². The van der Waals surface area contributed by atoms with E-state index >= 15 is 0 Å². The van der Waals surface area contributed by atoms with Crippen molar-refractivity contribution in [1.82, 2.24) is 4.31 Å². The lowest BCUT2D eigenvalue weighted by Gasteiger charge is -2.30. The van der Waals surface area contributed by atoms with Crippen LogP contribution in [0.1, 0.15) is 12.8 Å². The van der Waals surface area contributed by atoms with E-state index in [1.54, 1.807) is 6.07 Å². The molecule has 1 N–H and O–H groups in total. The molecule has 1 heterocycles. The largest absolute Gasteiger partial charge is 0.326 e. The molecule has 3 rings (SSSR count). The van der Waals surface area contributed by atoms with Crippen LogP contribution in [-0.4, -0.2) is 31.7 Å². The Morgan fingerprint density at radius 3 is 2.48 bits per heavy atom. The van der Waals surface area contributed by atoms with E-state index in [0.717, 1.165) is 0 Å². The van der Waals surface area contributed by atoms with Crippen molar-refractivity contribution < 1.29 is 17.6 Å². The number of hydrogen-bond acceptors (Lipinski definition) is 3. The van der Waals surface area contributed by atoms with E-state index < -0.39 is 15.8 Å². The highest BCUT2D eigenvalue weighted by Gasteiger charge is 2.33. The van der Waals surface area contributed by atoms with Gasteiger partial charge in [-0.1, -0.05) is 29.3 Å². The summed E-state index contributed by atoms with van der Waals surface area (Å²) in [6.45, 7) is 0.374. The third kappa shape index (κ3) is 4.60. The summed E-state index contributed by atoms with van der Waals surface area (Å²) in [5.41, 5.74) is 0.376. The molecule has 1 amide bonds. The smallest absolute Gasteiger partial charge is 0.244 e. The number of carbonyl (C=O) groups excluding carboxylic acids is 1. The number of amides is 1. The number of anilines is 1. The monoisotopic (exact) mass is 430 g/mol. The first-order chi connectivity index (χ1) is 12.8. The third-order valence-electron chi connectivity index (χ3n) is 4.43. The summed E-state index contributed by atoms with van der Waals surface area (Å²) < 4.78 is 40.1. The Kier molecular flexibility index (Phi) is 6.05. The van der Waals surface area contributed by atoms with Gasteiger partial charge in [-0.3, -0.25) is 4.79 Å². The van der Waals surface area contributed by atoms with Crippen LogP contribution in [0.2, 0.25) is 10.0 Å². The molecule has 2 aromatic rings. The van der Waals surface area contributed by atoms with E-state index in [9.17, 15) is 17.6 Å². The Labute approximate surface area is 167 Å². The fraction of sp³-hybridized carbons (Fsp3) is 0.278. The summed E-state index contributed by atoms with van der Waals surface area (Å²) in [6, 6.07) is 9.92. The zero-order valence-corrected chi connectivity index (χ0v) is 16.5. The maximum atomic E-state index is 13.2. The molecule has 0 radical (unpaired) electrons. The first kappa shape index (κ1) is 20.1. The zero-order valence-electron chi connectivity index (χ0n) is 14.2. The molecule has 0 aliphatic carbocycles. The maximum Gasteiger partial charge on any atom is 0.244 e. The fourth-order valence-corrected chi connectivity index (χ4v) is 5.19. The maximum absolute atomic E-state index is 13.2. The predicted octanol–water partition coefficient (Wildman–Crippen LogP) is 4.17. The minimum atomic E-state index is -3.79. The number of piperidine rings is 1. The van der Waals surface area contributed by atoms with E-state index in [1.165, 1.54) is 40.7 Å². The molecule has 0 unspecified atom stereocenters. The molecular weight excluding hydrogens is 414 g/mol. The van der Waals surface area contributed by atoms with Crippen molar-refractivity contribution in [2.75, 3.05) is 18.4 Å². The van der Waals surface area contributed by atoms with Gasteiger partial charge in [-0.05, 0) is 49.2 Å². The zero-order chi connectivity index (χ0) is 19.6. The second kappa shape index (κ2) is 8.14. The van der Waals surface area contributed by atoms with Crippen molar-refractivity contribution in [2.45, 2.75) is 17.7 Å². The highest BCUT2D eigenvalue weighted by molar-refractivity contribution is 7.89. The van der Waals surface area contributed by atoms with Crippen molar-refractivity contribution in [3.63, 3.8) is 0 Å². The first-order valence-corrected chi connectivity index (χ1v) is 10.5. The second-order valence-corrected chi connectivity index (χ2v) is 9.00. The van der Waals surface area contributed by atoms with E-state index in [-0.39, 0.29) is 39.9 Å². The van der Waals surface area contributed by atoms with Gasteiger partial charge in [0.2, 0.25) is 15.9 Å². The highest BCUT2D eigenvalue weighted by atomic mass is 35.5. The van der Waals surface area contributed by atoms with Gasteiger partial charge in [0.15, 0.2) is 0 Å². The molecule has 0 aromatic heterocycles. The van der Waals surface area contributed by atoms with Gasteiger partial charge in [-0.15, -0.1) is 0 Å². The summed E-state index contributed by atoms with van der Waals surface area (Å²) in [4.78, 5) is 12.3. The highest BCUT2D eigenvalue weighted by Crippen LogP contribution is 2.30. The quantitative estimate of drug-likeness (QED) is 0.790. The van der Waals surface area contributed by atoms with Crippen molar-refractivity contribution >= 4 is 44.8 Å². The van der Waals surface area contributed by atoms with Crippen LogP contribution in [-0.2, 0) is 14.8 Å². The Bertz CT molecular complexity index is 961. The van der Waals surface area contributed by atoms with Gasteiger partial charge >= 0.3 is 0 Å². The third-order valence-corrected chi connectivity index (χ3v) is 7.04. The number of nitrogens with zero attached hydrogens (tertiary/aromatic N) is 1. The topological polar surface area (TPSA) is 66.5 Å².